The summed E-state index contributed by atoms with van der Waals surface area (Å²) in [6.45, 7) is 4.11. The minimum absolute atomic E-state index is 0.0961. The Bertz CT molecular complexity index is 622. The highest BCUT2D eigenvalue weighted by atomic mass is 16.5. The van der Waals surface area contributed by atoms with Gasteiger partial charge in [-0.15, -0.1) is 0 Å². The molecule has 6 nitrogen and oxygen atoms in total. The van der Waals surface area contributed by atoms with E-state index in [2.05, 4.69) is 27.2 Å². The molecule has 1 saturated heterocycles. The van der Waals surface area contributed by atoms with Gasteiger partial charge in [0.15, 0.2) is 5.82 Å². The summed E-state index contributed by atoms with van der Waals surface area (Å²) in [5.74, 6) is 1.94. The van der Waals surface area contributed by atoms with E-state index in [1.807, 2.05) is 4.90 Å². The highest BCUT2D eigenvalue weighted by molar-refractivity contribution is 5.73. The molecule has 24 heavy (non-hydrogen) atoms. The van der Waals surface area contributed by atoms with E-state index in [9.17, 15) is 4.79 Å². The number of nitrogens with zero attached hydrogens (tertiary/aromatic N) is 4. The number of aromatic nitrogens is 2. The van der Waals surface area contributed by atoms with Crippen LogP contribution >= 0.6 is 0 Å². The largest absolute Gasteiger partial charge is 0.339 e. The number of rotatable bonds is 5. The number of amides is 1. The number of likely N-dealkylation sites (tertiary alicyclic amines) is 1. The molecule has 1 saturated carbocycles. The molecule has 2 aliphatic carbocycles. The summed E-state index contributed by atoms with van der Waals surface area (Å²) in [5.41, 5.74) is 0. The molecule has 1 amide bonds. The van der Waals surface area contributed by atoms with Crippen LogP contribution in [0.1, 0.15) is 63.1 Å². The van der Waals surface area contributed by atoms with Crippen LogP contribution in [0.5, 0.6) is 0 Å². The van der Waals surface area contributed by atoms with E-state index in [0.717, 1.165) is 38.2 Å². The molecular formula is C18H26N4O2. The predicted molar refractivity (Wildman–Crippen MR) is 89.3 cm³/mol. The molecule has 4 rings (SSSR count). The van der Waals surface area contributed by atoms with Gasteiger partial charge in [0.2, 0.25) is 11.8 Å². The molecule has 2 fully saturated rings. The molecule has 0 radical (unpaired) electrons. The maximum absolute atomic E-state index is 12.2. The molecule has 0 unspecified atom stereocenters. The van der Waals surface area contributed by atoms with Gasteiger partial charge in [-0.05, 0) is 38.5 Å². The topological polar surface area (TPSA) is 62.5 Å². The molecule has 1 aromatic heterocycles. The van der Waals surface area contributed by atoms with Crippen molar-refractivity contribution in [3.05, 3.63) is 23.9 Å². The molecule has 1 aromatic rings. The van der Waals surface area contributed by atoms with E-state index in [1.54, 1.807) is 6.92 Å². The Morgan fingerprint density at radius 1 is 1.38 bits per heavy atom. The smallest absolute Gasteiger partial charge is 0.229 e. The fourth-order valence-electron chi connectivity index (χ4n) is 3.90. The van der Waals surface area contributed by atoms with Crippen molar-refractivity contribution in [2.75, 3.05) is 13.1 Å². The Labute approximate surface area is 142 Å². The molecule has 130 valence electrons. The summed E-state index contributed by atoms with van der Waals surface area (Å²) in [5, 5.41) is 4.08. The van der Waals surface area contributed by atoms with Crippen LogP contribution in [0.25, 0.3) is 0 Å². The first-order valence-electron chi connectivity index (χ1n) is 9.21. The van der Waals surface area contributed by atoms with Gasteiger partial charge in [0.25, 0.3) is 0 Å². The highest BCUT2D eigenvalue weighted by Crippen LogP contribution is 2.38. The summed E-state index contributed by atoms with van der Waals surface area (Å²) in [4.78, 5) is 21.1. The van der Waals surface area contributed by atoms with Gasteiger partial charge < -0.3 is 9.42 Å². The molecule has 3 aliphatic rings. The SMILES string of the molecule is CC(=O)N(Cc1noc(C2CC2)n1)[C@@H]1CCN([C@H]2C=CCCC2)C1. The lowest BCUT2D eigenvalue weighted by atomic mass is 10.0. The van der Waals surface area contributed by atoms with Crippen molar-refractivity contribution in [2.45, 2.75) is 70.0 Å². The molecule has 0 N–H and O–H groups in total. The predicted octanol–water partition coefficient (Wildman–Crippen LogP) is 2.48. The summed E-state index contributed by atoms with van der Waals surface area (Å²) in [6.07, 6.45) is 11.7. The van der Waals surface area contributed by atoms with Crippen molar-refractivity contribution in [1.82, 2.24) is 19.9 Å². The van der Waals surface area contributed by atoms with Crippen molar-refractivity contribution < 1.29 is 9.32 Å². The first-order valence-corrected chi connectivity index (χ1v) is 9.21. The molecule has 0 aromatic carbocycles. The van der Waals surface area contributed by atoms with Crippen LogP contribution in [-0.4, -0.2) is 51.0 Å². The monoisotopic (exact) mass is 330 g/mol. The van der Waals surface area contributed by atoms with Crippen molar-refractivity contribution in [1.29, 1.82) is 0 Å². The second-order valence-corrected chi connectivity index (χ2v) is 7.33. The normalized spacial score (nSPS) is 27.5. The minimum Gasteiger partial charge on any atom is -0.339 e. The molecule has 0 spiro atoms. The zero-order valence-electron chi connectivity index (χ0n) is 14.4. The van der Waals surface area contributed by atoms with Gasteiger partial charge in [0, 0.05) is 38.0 Å². The van der Waals surface area contributed by atoms with Gasteiger partial charge in [-0.2, -0.15) is 4.98 Å². The average Bonchev–Trinajstić information content (AvgIpc) is 3.15. The Kier molecular flexibility index (Phi) is 4.39. The standard InChI is InChI=1S/C18H26N4O2/c1-13(23)22(12-17-19-18(24-20-17)14-7-8-14)16-9-10-21(11-16)15-5-3-2-4-6-15/h3,5,14-16H,2,4,6-12H2,1H3/t15-,16+/m0/s1. The lowest BCUT2D eigenvalue weighted by Gasteiger charge is -2.30. The second-order valence-electron chi connectivity index (χ2n) is 7.33. The maximum atomic E-state index is 12.2. The van der Waals surface area contributed by atoms with Crippen LogP contribution in [0.15, 0.2) is 16.7 Å². The third-order valence-electron chi connectivity index (χ3n) is 5.46. The molecule has 6 heteroatoms. The zero-order chi connectivity index (χ0) is 16.5. The van der Waals surface area contributed by atoms with Crippen molar-refractivity contribution in [3.63, 3.8) is 0 Å². The number of hydrogen-bond acceptors (Lipinski definition) is 5. The summed E-state index contributed by atoms with van der Waals surface area (Å²) < 4.78 is 5.33. The Morgan fingerprint density at radius 2 is 2.25 bits per heavy atom. The number of hydrogen-bond donors (Lipinski definition) is 0. The Balaban J connectivity index is 1.40. The first-order chi connectivity index (χ1) is 11.7. The van der Waals surface area contributed by atoms with Gasteiger partial charge in [-0.1, -0.05) is 17.3 Å². The fourth-order valence-corrected chi connectivity index (χ4v) is 3.90. The van der Waals surface area contributed by atoms with E-state index >= 15 is 0 Å². The van der Waals surface area contributed by atoms with Crippen LogP contribution in [0, 0.1) is 0 Å². The van der Waals surface area contributed by atoms with Gasteiger partial charge in [0.1, 0.15) is 0 Å². The summed E-state index contributed by atoms with van der Waals surface area (Å²) in [6, 6.07) is 0.796. The summed E-state index contributed by atoms with van der Waals surface area (Å²) in [7, 11) is 0. The van der Waals surface area contributed by atoms with Crippen LogP contribution in [0.2, 0.25) is 0 Å². The summed E-state index contributed by atoms with van der Waals surface area (Å²) >= 11 is 0. The number of allylic oxidation sites excluding steroid dienone is 1. The minimum atomic E-state index is 0.0961. The van der Waals surface area contributed by atoms with Crippen LogP contribution in [0.4, 0.5) is 0 Å². The van der Waals surface area contributed by atoms with Gasteiger partial charge in [0.05, 0.1) is 6.54 Å². The highest BCUT2D eigenvalue weighted by Gasteiger charge is 2.34. The maximum Gasteiger partial charge on any atom is 0.229 e. The third kappa shape index (κ3) is 3.38. The Morgan fingerprint density at radius 3 is 2.96 bits per heavy atom. The number of carbonyl (C=O) groups excluding carboxylic acids is 1. The molecule has 2 heterocycles. The van der Waals surface area contributed by atoms with Gasteiger partial charge >= 0.3 is 0 Å². The van der Waals surface area contributed by atoms with E-state index in [4.69, 9.17) is 4.52 Å². The second kappa shape index (κ2) is 6.67. The van der Waals surface area contributed by atoms with Crippen molar-refractivity contribution in [3.8, 4) is 0 Å². The van der Waals surface area contributed by atoms with Crippen LogP contribution in [0.3, 0.4) is 0 Å². The van der Waals surface area contributed by atoms with Crippen molar-refractivity contribution in [2.24, 2.45) is 0 Å². The molecular weight excluding hydrogens is 304 g/mol. The zero-order valence-corrected chi connectivity index (χ0v) is 14.4. The quantitative estimate of drug-likeness (QED) is 0.776. The fraction of sp³-hybridized carbons (Fsp3) is 0.722. The first kappa shape index (κ1) is 15.8. The molecule has 0 bridgehead atoms. The average molecular weight is 330 g/mol. The van der Waals surface area contributed by atoms with Gasteiger partial charge in [-0.3, -0.25) is 9.69 Å². The van der Waals surface area contributed by atoms with Gasteiger partial charge in [-0.25, -0.2) is 0 Å². The van der Waals surface area contributed by atoms with E-state index < -0.39 is 0 Å². The van der Waals surface area contributed by atoms with Crippen LogP contribution < -0.4 is 0 Å². The molecule has 1 aliphatic heterocycles. The van der Waals surface area contributed by atoms with Crippen LogP contribution in [-0.2, 0) is 11.3 Å². The van der Waals surface area contributed by atoms with Crippen molar-refractivity contribution >= 4 is 5.91 Å². The Hall–Kier alpha value is -1.69. The lowest BCUT2D eigenvalue weighted by Crippen LogP contribution is -2.42. The number of carbonyl (C=O) groups is 1. The molecule has 2 atom stereocenters. The van der Waals surface area contributed by atoms with E-state index in [1.165, 1.54) is 19.3 Å². The van der Waals surface area contributed by atoms with E-state index in [0.29, 0.717) is 24.3 Å². The lowest BCUT2D eigenvalue weighted by molar-refractivity contribution is -0.131. The third-order valence-corrected chi connectivity index (χ3v) is 5.46. The van der Waals surface area contributed by atoms with E-state index in [-0.39, 0.29) is 11.9 Å².